The number of rotatable bonds is 8. The van der Waals surface area contributed by atoms with Gasteiger partial charge in [0.1, 0.15) is 6.04 Å². The third-order valence-electron chi connectivity index (χ3n) is 6.56. The van der Waals surface area contributed by atoms with Gasteiger partial charge in [0.25, 0.3) is 5.91 Å². The molecule has 1 unspecified atom stereocenters. The van der Waals surface area contributed by atoms with E-state index < -0.39 is 12.0 Å². The zero-order valence-corrected chi connectivity index (χ0v) is 20.9. The molecule has 1 aliphatic heterocycles. The van der Waals surface area contributed by atoms with Crippen LogP contribution in [0.5, 0.6) is 0 Å². The number of carboxylic acid groups (broad SMARTS) is 1. The summed E-state index contributed by atoms with van der Waals surface area (Å²) in [5, 5.41) is 9.90. The van der Waals surface area contributed by atoms with Gasteiger partial charge in [-0.15, -0.1) is 0 Å². The van der Waals surface area contributed by atoms with E-state index in [-0.39, 0.29) is 24.8 Å². The molecule has 0 spiro atoms. The molecule has 0 saturated heterocycles. The molecule has 2 amide bonds. The number of fused-ring (bicyclic) bond motifs is 1. The summed E-state index contributed by atoms with van der Waals surface area (Å²) in [7, 11) is 0. The zero-order valence-electron chi connectivity index (χ0n) is 20.2. The highest BCUT2D eigenvalue weighted by molar-refractivity contribution is 6.30. The Morgan fingerprint density at radius 3 is 2.39 bits per heavy atom. The normalized spacial score (nSPS) is 14.7. The van der Waals surface area contributed by atoms with E-state index in [1.54, 1.807) is 28.0 Å². The number of benzene rings is 3. The molecular formula is C29H29ClN2O4. The van der Waals surface area contributed by atoms with Gasteiger partial charge < -0.3 is 14.9 Å². The van der Waals surface area contributed by atoms with Gasteiger partial charge >= 0.3 is 5.97 Å². The second-order valence-corrected chi connectivity index (χ2v) is 9.57. The Morgan fingerprint density at radius 1 is 0.972 bits per heavy atom. The number of halogens is 1. The first-order valence-corrected chi connectivity index (χ1v) is 12.4. The average molecular weight is 505 g/mol. The SMILES string of the molecule is Cc1ccc(C(=O)N2Cc3ccccc3CC2C(=O)N(CCC(=O)O)CCc2cccc(Cl)c2)cc1. The summed E-state index contributed by atoms with van der Waals surface area (Å²) in [6.07, 6.45) is 0.741. The molecule has 3 aromatic carbocycles. The molecule has 1 heterocycles. The molecule has 4 rings (SSSR count). The maximum absolute atomic E-state index is 13.9. The molecular weight excluding hydrogens is 476 g/mol. The minimum atomic E-state index is -0.975. The number of carboxylic acids is 1. The Hall–Kier alpha value is -3.64. The van der Waals surface area contributed by atoms with Gasteiger partial charge in [-0.1, -0.05) is 65.7 Å². The topological polar surface area (TPSA) is 77.9 Å². The van der Waals surface area contributed by atoms with Gasteiger partial charge in [0, 0.05) is 36.6 Å². The van der Waals surface area contributed by atoms with Gasteiger partial charge in [-0.25, -0.2) is 0 Å². The van der Waals surface area contributed by atoms with E-state index >= 15 is 0 Å². The van der Waals surface area contributed by atoms with E-state index in [0.717, 1.165) is 22.3 Å². The number of carbonyl (C=O) groups is 3. The summed E-state index contributed by atoms with van der Waals surface area (Å²) in [6, 6.07) is 21.8. The highest BCUT2D eigenvalue weighted by Gasteiger charge is 2.37. The van der Waals surface area contributed by atoms with E-state index in [2.05, 4.69) is 0 Å². The monoisotopic (exact) mass is 504 g/mol. The van der Waals surface area contributed by atoms with Crippen molar-refractivity contribution in [3.63, 3.8) is 0 Å². The number of aryl methyl sites for hydroxylation is 1. The van der Waals surface area contributed by atoms with E-state index in [1.807, 2.05) is 61.5 Å². The minimum Gasteiger partial charge on any atom is -0.481 e. The molecule has 0 aliphatic carbocycles. The summed E-state index contributed by atoms with van der Waals surface area (Å²) >= 11 is 6.11. The van der Waals surface area contributed by atoms with Crippen LogP contribution >= 0.6 is 11.6 Å². The highest BCUT2D eigenvalue weighted by atomic mass is 35.5. The van der Waals surface area contributed by atoms with Crippen molar-refractivity contribution in [2.45, 2.75) is 38.8 Å². The van der Waals surface area contributed by atoms with Crippen LogP contribution in [0.25, 0.3) is 0 Å². The van der Waals surface area contributed by atoms with Crippen molar-refractivity contribution in [1.82, 2.24) is 9.80 Å². The van der Waals surface area contributed by atoms with E-state index in [1.165, 1.54) is 0 Å². The lowest BCUT2D eigenvalue weighted by molar-refractivity contribution is -0.140. The number of carbonyl (C=O) groups excluding carboxylic acids is 2. The second kappa shape index (κ2) is 11.4. The van der Waals surface area contributed by atoms with Crippen LogP contribution in [0, 0.1) is 6.92 Å². The fraction of sp³-hybridized carbons (Fsp3) is 0.276. The molecule has 186 valence electrons. The Labute approximate surface area is 216 Å². The number of amides is 2. The van der Waals surface area contributed by atoms with Crippen molar-refractivity contribution in [1.29, 1.82) is 0 Å². The van der Waals surface area contributed by atoms with Crippen LogP contribution in [0.1, 0.15) is 39.0 Å². The molecule has 0 bridgehead atoms. The summed E-state index contributed by atoms with van der Waals surface area (Å²) in [4.78, 5) is 42.1. The van der Waals surface area contributed by atoms with E-state index in [9.17, 15) is 19.5 Å². The molecule has 7 heteroatoms. The van der Waals surface area contributed by atoms with Crippen molar-refractivity contribution in [2.24, 2.45) is 0 Å². The fourth-order valence-electron chi connectivity index (χ4n) is 4.55. The predicted molar refractivity (Wildman–Crippen MR) is 139 cm³/mol. The Bertz CT molecular complexity index is 1260. The van der Waals surface area contributed by atoms with Crippen LogP contribution in [0.15, 0.2) is 72.8 Å². The molecule has 0 aromatic heterocycles. The molecule has 3 aromatic rings. The maximum atomic E-state index is 13.9. The molecule has 6 nitrogen and oxygen atoms in total. The third kappa shape index (κ3) is 6.13. The lowest BCUT2D eigenvalue weighted by atomic mass is 9.92. The van der Waals surface area contributed by atoms with Crippen molar-refractivity contribution in [3.05, 3.63) is 106 Å². The number of nitrogens with zero attached hydrogens (tertiary/aromatic N) is 2. The van der Waals surface area contributed by atoms with Crippen LogP contribution in [0.4, 0.5) is 0 Å². The van der Waals surface area contributed by atoms with E-state index in [0.29, 0.717) is 36.5 Å². The second-order valence-electron chi connectivity index (χ2n) is 9.14. The first-order chi connectivity index (χ1) is 17.3. The van der Waals surface area contributed by atoms with Crippen LogP contribution in [0.3, 0.4) is 0 Å². The van der Waals surface area contributed by atoms with Crippen molar-refractivity contribution < 1.29 is 19.5 Å². The predicted octanol–water partition coefficient (Wildman–Crippen LogP) is 4.76. The Balaban J connectivity index is 1.62. The minimum absolute atomic E-state index is 0.0689. The van der Waals surface area contributed by atoms with Crippen LogP contribution < -0.4 is 0 Å². The first kappa shape index (κ1) is 25.5. The van der Waals surface area contributed by atoms with Gasteiger partial charge in [0.05, 0.1) is 6.42 Å². The molecule has 1 aliphatic rings. The van der Waals surface area contributed by atoms with Crippen LogP contribution in [-0.4, -0.2) is 51.8 Å². The van der Waals surface area contributed by atoms with Crippen LogP contribution in [-0.2, 0) is 29.0 Å². The fourth-order valence-corrected chi connectivity index (χ4v) is 4.76. The van der Waals surface area contributed by atoms with Gasteiger partial charge in [0.15, 0.2) is 0 Å². The number of hydrogen-bond donors (Lipinski definition) is 1. The van der Waals surface area contributed by atoms with Crippen molar-refractivity contribution in [2.75, 3.05) is 13.1 Å². The summed E-state index contributed by atoms with van der Waals surface area (Å²) < 4.78 is 0. The molecule has 1 atom stereocenters. The van der Waals surface area contributed by atoms with Gasteiger partial charge in [-0.05, 0) is 54.3 Å². The first-order valence-electron chi connectivity index (χ1n) is 12.0. The lowest BCUT2D eigenvalue weighted by Crippen LogP contribution is -2.54. The summed E-state index contributed by atoms with van der Waals surface area (Å²) in [5.41, 5.74) is 4.56. The smallest absolute Gasteiger partial charge is 0.305 e. The maximum Gasteiger partial charge on any atom is 0.305 e. The van der Waals surface area contributed by atoms with Crippen molar-refractivity contribution >= 4 is 29.4 Å². The molecule has 0 radical (unpaired) electrons. The molecule has 0 saturated carbocycles. The van der Waals surface area contributed by atoms with Crippen LogP contribution in [0.2, 0.25) is 5.02 Å². The summed E-state index contributed by atoms with van der Waals surface area (Å²) in [6.45, 7) is 2.68. The highest BCUT2D eigenvalue weighted by Crippen LogP contribution is 2.27. The standard InChI is InChI=1S/C29H29ClN2O4/c1-20-9-11-22(12-10-20)28(35)32-19-24-7-3-2-6-23(24)18-26(32)29(36)31(16-14-27(33)34)15-13-21-5-4-8-25(30)17-21/h2-12,17,26H,13-16,18-19H2,1H3,(H,33,34). The van der Waals surface area contributed by atoms with E-state index in [4.69, 9.17) is 11.6 Å². The quantitative estimate of drug-likeness (QED) is 0.479. The third-order valence-corrected chi connectivity index (χ3v) is 6.79. The van der Waals surface area contributed by atoms with Gasteiger partial charge in [0.2, 0.25) is 5.91 Å². The van der Waals surface area contributed by atoms with Gasteiger partial charge in [-0.3, -0.25) is 14.4 Å². The molecule has 36 heavy (non-hydrogen) atoms. The number of hydrogen-bond acceptors (Lipinski definition) is 3. The lowest BCUT2D eigenvalue weighted by Gasteiger charge is -2.38. The zero-order chi connectivity index (χ0) is 25.7. The molecule has 0 fully saturated rings. The Kier molecular flexibility index (Phi) is 8.06. The van der Waals surface area contributed by atoms with Crippen molar-refractivity contribution in [3.8, 4) is 0 Å². The number of aliphatic carboxylic acids is 1. The Morgan fingerprint density at radius 2 is 1.69 bits per heavy atom. The summed E-state index contributed by atoms with van der Waals surface area (Å²) in [5.74, 6) is -1.43. The molecule has 1 N–H and O–H groups in total. The average Bonchev–Trinajstić information content (AvgIpc) is 2.87. The largest absolute Gasteiger partial charge is 0.481 e. The van der Waals surface area contributed by atoms with Gasteiger partial charge in [-0.2, -0.15) is 0 Å².